The molecule has 0 fully saturated rings. The number of benzene rings is 3. The summed E-state index contributed by atoms with van der Waals surface area (Å²) in [5.74, 6) is -0.152. The summed E-state index contributed by atoms with van der Waals surface area (Å²) >= 11 is 6.05. The zero-order valence-corrected chi connectivity index (χ0v) is 16.9. The number of fused-ring (bicyclic) bond motifs is 1. The Balaban J connectivity index is 1.71. The summed E-state index contributed by atoms with van der Waals surface area (Å²) in [6.45, 7) is 1.62. The van der Waals surface area contributed by atoms with E-state index in [1.165, 1.54) is 6.07 Å². The lowest BCUT2D eigenvalue weighted by Crippen LogP contribution is -2.22. The number of carbonyl (C=O) groups excluding carboxylic acids is 1. The van der Waals surface area contributed by atoms with Crippen LogP contribution in [-0.2, 0) is 4.79 Å². The third-order valence-corrected chi connectivity index (χ3v) is 4.76. The van der Waals surface area contributed by atoms with Gasteiger partial charge in [0.15, 0.2) is 12.4 Å². The minimum absolute atomic E-state index is 0.0307. The Morgan fingerprint density at radius 3 is 2.50 bits per heavy atom. The van der Waals surface area contributed by atoms with Gasteiger partial charge < -0.3 is 14.5 Å². The average molecular weight is 420 g/mol. The smallest absolute Gasteiger partial charge is 0.262 e. The monoisotopic (exact) mass is 419 g/mol. The highest BCUT2D eigenvalue weighted by Crippen LogP contribution is 2.32. The molecule has 0 bridgehead atoms. The highest BCUT2D eigenvalue weighted by atomic mass is 35.5. The van der Waals surface area contributed by atoms with E-state index in [1.807, 2.05) is 49.4 Å². The Morgan fingerprint density at radius 2 is 1.77 bits per heavy atom. The van der Waals surface area contributed by atoms with Crippen molar-refractivity contribution in [1.82, 2.24) is 0 Å². The van der Waals surface area contributed by atoms with Gasteiger partial charge in [-0.25, -0.2) is 0 Å². The SMILES string of the molecule is Cc1ccc(-c2oc3ccc(Cl)cc3c(=O)c2OCC(=O)Nc2ccccc2)cc1. The number of nitrogens with one attached hydrogen (secondary N) is 1. The molecule has 6 heteroatoms. The van der Waals surface area contributed by atoms with Crippen LogP contribution in [0.1, 0.15) is 5.56 Å². The van der Waals surface area contributed by atoms with Gasteiger partial charge in [0.2, 0.25) is 11.2 Å². The Kier molecular flexibility index (Phi) is 5.55. The van der Waals surface area contributed by atoms with E-state index in [0.29, 0.717) is 21.9 Å². The maximum absolute atomic E-state index is 13.1. The summed E-state index contributed by atoms with van der Waals surface area (Å²) in [7, 11) is 0. The predicted octanol–water partition coefficient (Wildman–Crippen LogP) is 5.44. The first-order valence-corrected chi connectivity index (χ1v) is 9.70. The number of amides is 1. The summed E-state index contributed by atoms with van der Waals surface area (Å²) in [5, 5.41) is 3.42. The van der Waals surface area contributed by atoms with Crippen molar-refractivity contribution in [2.75, 3.05) is 11.9 Å². The molecule has 0 saturated heterocycles. The third kappa shape index (κ3) is 4.21. The van der Waals surface area contributed by atoms with Crippen LogP contribution < -0.4 is 15.5 Å². The number of para-hydroxylation sites is 1. The van der Waals surface area contributed by atoms with Gasteiger partial charge in [-0.1, -0.05) is 59.6 Å². The maximum Gasteiger partial charge on any atom is 0.262 e. The lowest BCUT2D eigenvalue weighted by Gasteiger charge is -2.12. The average Bonchev–Trinajstić information content (AvgIpc) is 2.75. The van der Waals surface area contributed by atoms with Crippen molar-refractivity contribution >= 4 is 34.2 Å². The van der Waals surface area contributed by atoms with E-state index in [4.69, 9.17) is 20.8 Å². The Morgan fingerprint density at radius 1 is 1.03 bits per heavy atom. The van der Waals surface area contributed by atoms with Crippen LogP contribution in [0, 0.1) is 6.92 Å². The first-order valence-electron chi connectivity index (χ1n) is 9.32. The molecule has 0 aliphatic carbocycles. The van der Waals surface area contributed by atoms with Crippen LogP contribution in [0.15, 0.2) is 82.0 Å². The molecule has 4 aromatic rings. The Hall–Kier alpha value is -3.57. The fourth-order valence-corrected chi connectivity index (χ4v) is 3.20. The summed E-state index contributed by atoms with van der Waals surface area (Å²) in [6, 6.07) is 21.3. The van der Waals surface area contributed by atoms with Crippen molar-refractivity contribution in [3.05, 3.63) is 93.6 Å². The third-order valence-electron chi connectivity index (χ3n) is 4.53. The number of halogens is 1. The van der Waals surface area contributed by atoms with Gasteiger partial charge in [-0.05, 0) is 37.3 Å². The Labute approximate surface area is 177 Å². The molecule has 1 heterocycles. The highest BCUT2D eigenvalue weighted by Gasteiger charge is 2.19. The maximum atomic E-state index is 13.1. The van der Waals surface area contributed by atoms with Gasteiger partial charge in [0.05, 0.1) is 5.39 Å². The fraction of sp³-hybridized carbons (Fsp3) is 0.0833. The molecular weight excluding hydrogens is 402 g/mol. The molecule has 0 saturated carbocycles. The second kappa shape index (κ2) is 8.43. The number of rotatable bonds is 5. The molecule has 3 aromatic carbocycles. The van der Waals surface area contributed by atoms with Crippen LogP contribution in [0.5, 0.6) is 5.75 Å². The fourth-order valence-electron chi connectivity index (χ4n) is 3.03. The van der Waals surface area contributed by atoms with Crippen molar-refractivity contribution in [1.29, 1.82) is 0 Å². The molecule has 0 radical (unpaired) electrons. The molecule has 0 spiro atoms. The molecule has 0 aliphatic rings. The minimum atomic E-state index is -0.387. The number of ether oxygens (including phenoxy) is 1. The number of aryl methyl sites for hydroxylation is 1. The van der Waals surface area contributed by atoms with Gasteiger partial charge in [0.25, 0.3) is 5.91 Å². The quantitative estimate of drug-likeness (QED) is 0.467. The highest BCUT2D eigenvalue weighted by molar-refractivity contribution is 6.31. The molecular formula is C24H18ClNO4. The number of hydrogen-bond acceptors (Lipinski definition) is 4. The van der Waals surface area contributed by atoms with Gasteiger partial charge in [-0.15, -0.1) is 0 Å². The minimum Gasteiger partial charge on any atom is -0.476 e. The van der Waals surface area contributed by atoms with E-state index in [9.17, 15) is 9.59 Å². The van der Waals surface area contributed by atoms with Crippen LogP contribution in [0.3, 0.4) is 0 Å². The van der Waals surface area contributed by atoms with E-state index in [-0.39, 0.29) is 34.8 Å². The van der Waals surface area contributed by atoms with E-state index < -0.39 is 0 Å². The van der Waals surface area contributed by atoms with Gasteiger partial charge in [-0.2, -0.15) is 0 Å². The normalized spacial score (nSPS) is 10.7. The lowest BCUT2D eigenvalue weighted by atomic mass is 10.1. The predicted molar refractivity (Wildman–Crippen MR) is 118 cm³/mol. The van der Waals surface area contributed by atoms with Crippen LogP contribution in [0.4, 0.5) is 5.69 Å². The van der Waals surface area contributed by atoms with Gasteiger partial charge >= 0.3 is 0 Å². The van der Waals surface area contributed by atoms with Crippen LogP contribution in [0.2, 0.25) is 5.02 Å². The summed E-state index contributed by atoms with van der Waals surface area (Å²) in [4.78, 5) is 25.5. The van der Waals surface area contributed by atoms with Crippen LogP contribution >= 0.6 is 11.6 Å². The molecule has 30 heavy (non-hydrogen) atoms. The summed E-state index contributed by atoms with van der Waals surface area (Å²) < 4.78 is 11.7. The number of hydrogen-bond donors (Lipinski definition) is 1. The molecule has 1 amide bonds. The van der Waals surface area contributed by atoms with E-state index >= 15 is 0 Å². The summed E-state index contributed by atoms with van der Waals surface area (Å²) in [5.41, 5.74) is 2.39. The van der Waals surface area contributed by atoms with Crippen molar-refractivity contribution in [2.24, 2.45) is 0 Å². The first-order chi connectivity index (χ1) is 14.5. The van der Waals surface area contributed by atoms with Crippen molar-refractivity contribution in [3.63, 3.8) is 0 Å². The molecule has 5 nitrogen and oxygen atoms in total. The lowest BCUT2D eigenvalue weighted by molar-refractivity contribution is -0.118. The standard InChI is InChI=1S/C24H18ClNO4/c1-15-7-9-16(10-8-15)23-24(22(28)19-13-17(25)11-12-20(19)30-23)29-14-21(27)26-18-5-3-2-4-6-18/h2-13H,14H2,1H3,(H,26,27). The molecule has 1 N–H and O–H groups in total. The number of carbonyl (C=O) groups is 1. The van der Waals surface area contributed by atoms with Crippen LogP contribution in [-0.4, -0.2) is 12.5 Å². The second-order valence-electron chi connectivity index (χ2n) is 6.80. The van der Waals surface area contributed by atoms with Gasteiger partial charge in [0.1, 0.15) is 5.58 Å². The van der Waals surface area contributed by atoms with Gasteiger partial charge in [-0.3, -0.25) is 9.59 Å². The zero-order valence-electron chi connectivity index (χ0n) is 16.1. The van der Waals surface area contributed by atoms with E-state index in [0.717, 1.165) is 5.56 Å². The van der Waals surface area contributed by atoms with Crippen molar-refractivity contribution in [3.8, 4) is 17.1 Å². The second-order valence-corrected chi connectivity index (χ2v) is 7.24. The first kappa shape index (κ1) is 19.7. The summed E-state index contributed by atoms with van der Waals surface area (Å²) in [6.07, 6.45) is 0. The molecule has 0 aliphatic heterocycles. The van der Waals surface area contributed by atoms with Crippen LogP contribution in [0.25, 0.3) is 22.3 Å². The van der Waals surface area contributed by atoms with Crippen molar-refractivity contribution in [2.45, 2.75) is 6.92 Å². The van der Waals surface area contributed by atoms with Crippen molar-refractivity contribution < 1.29 is 13.9 Å². The number of anilines is 1. The topological polar surface area (TPSA) is 68.5 Å². The van der Waals surface area contributed by atoms with E-state index in [2.05, 4.69) is 5.32 Å². The molecule has 0 unspecified atom stereocenters. The molecule has 4 rings (SSSR count). The van der Waals surface area contributed by atoms with Gasteiger partial charge in [0, 0.05) is 16.3 Å². The molecule has 150 valence electrons. The largest absolute Gasteiger partial charge is 0.476 e. The molecule has 0 atom stereocenters. The zero-order chi connectivity index (χ0) is 21.1. The van der Waals surface area contributed by atoms with E-state index in [1.54, 1.807) is 24.3 Å². The molecule has 1 aromatic heterocycles. The Bertz CT molecular complexity index is 1260.